The van der Waals surface area contributed by atoms with E-state index in [-0.39, 0.29) is 24.6 Å². The van der Waals surface area contributed by atoms with Gasteiger partial charge in [-0.3, -0.25) is 4.79 Å². The predicted octanol–water partition coefficient (Wildman–Crippen LogP) is 5.10. The number of benzene rings is 1. The zero-order valence-corrected chi connectivity index (χ0v) is 20.6. The Bertz CT molecular complexity index is 856. The molecule has 3 aliphatic rings. The average Bonchev–Trinajstić information content (AvgIpc) is 3.62. The Kier molecular flexibility index (Phi) is 10.00. The molecule has 6 heteroatoms. The number of esters is 1. The van der Waals surface area contributed by atoms with Crippen molar-refractivity contribution in [3.05, 3.63) is 41.0 Å². The van der Waals surface area contributed by atoms with E-state index in [0.29, 0.717) is 11.8 Å². The fourth-order valence-electron chi connectivity index (χ4n) is 5.07. The Hall–Kier alpha value is -2.34. The summed E-state index contributed by atoms with van der Waals surface area (Å²) in [5.41, 5.74) is 4.12. The van der Waals surface area contributed by atoms with Crippen molar-refractivity contribution in [1.29, 1.82) is 0 Å². The van der Waals surface area contributed by atoms with Crippen molar-refractivity contribution in [3.8, 4) is 5.75 Å². The van der Waals surface area contributed by atoms with Crippen molar-refractivity contribution >= 4 is 11.9 Å². The summed E-state index contributed by atoms with van der Waals surface area (Å²) in [6, 6.07) is 6.16. The molecule has 0 spiro atoms. The number of allylic oxidation sites excluding steroid dienone is 1. The summed E-state index contributed by atoms with van der Waals surface area (Å²) < 4.78 is 10.4. The minimum absolute atomic E-state index is 0.0185. The van der Waals surface area contributed by atoms with Crippen molar-refractivity contribution < 1.29 is 29.3 Å². The number of carbonyl (C=O) groups excluding carboxylic acids is 1. The first kappa shape index (κ1) is 26.3. The largest absolute Gasteiger partial charge is 0.482 e. The molecule has 3 atom stereocenters. The third-order valence-corrected chi connectivity index (χ3v) is 7.28. The van der Waals surface area contributed by atoms with Gasteiger partial charge in [-0.05, 0) is 80.4 Å². The van der Waals surface area contributed by atoms with Crippen molar-refractivity contribution in [2.45, 2.75) is 83.7 Å². The van der Waals surface area contributed by atoms with E-state index in [1.807, 2.05) is 12.1 Å². The van der Waals surface area contributed by atoms with Gasteiger partial charge in [0.25, 0.3) is 0 Å². The summed E-state index contributed by atoms with van der Waals surface area (Å²) in [5.74, 6) is 1.09. The normalized spacial score (nSPS) is 22.7. The van der Waals surface area contributed by atoms with Gasteiger partial charge in [0.15, 0.2) is 6.61 Å². The van der Waals surface area contributed by atoms with Gasteiger partial charge in [-0.2, -0.15) is 0 Å². The summed E-state index contributed by atoms with van der Waals surface area (Å²) >= 11 is 0. The van der Waals surface area contributed by atoms with E-state index >= 15 is 0 Å². The number of hydrogen-bond acceptors (Lipinski definition) is 5. The number of carboxylic acid groups (broad SMARTS) is 1. The number of rotatable bonds is 10. The molecule has 0 amide bonds. The van der Waals surface area contributed by atoms with Crippen LogP contribution in [0.4, 0.5) is 0 Å². The number of hydrogen-bond donors (Lipinski definition) is 2. The highest BCUT2D eigenvalue weighted by Gasteiger charge is 2.36. The molecule has 2 saturated carbocycles. The lowest BCUT2D eigenvalue weighted by Gasteiger charge is -2.30. The minimum Gasteiger partial charge on any atom is -0.482 e. The average molecular weight is 473 g/mol. The van der Waals surface area contributed by atoms with Crippen LogP contribution in [0.15, 0.2) is 29.8 Å². The van der Waals surface area contributed by atoms with Crippen LogP contribution in [0.1, 0.15) is 75.8 Å². The van der Waals surface area contributed by atoms with Crippen LogP contribution in [0.25, 0.3) is 0 Å². The van der Waals surface area contributed by atoms with Gasteiger partial charge >= 0.3 is 11.9 Å². The number of ether oxygens (including phenoxy) is 2. The number of carbonyl (C=O) groups is 2. The molecule has 0 heterocycles. The van der Waals surface area contributed by atoms with E-state index < -0.39 is 5.97 Å². The number of unbranched alkanes of at least 4 members (excludes halogenated alkanes) is 2. The smallest absolute Gasteiger partial charge is 0.343 e. The Morgan fingerprint density at radius 1 is 1.18 bits per heavy atom. The zero-order chi connectivity index (χ0) is 24.5. The van der Waals surface area contributed by atoms with Gasteiger partial charge in [0.05, 0.1) is 19.1 Å². The Morgan fingerprint density at radius 2 is 1.97 bits per heavy atom. The van der Waals surface area contributed by atoms with Crippen LogP contribution in [0, 0.1) is 17.8 Å². The lowest BCUT2D eigenvalue weighted by Crippen LogP contribution is -2.23. The number of carboxylic acids is 1. The molecule has 1 aromatic rings. The molecule has 188 valence electrons. The van der Waals surface area contributed by atoms with E-state index in [9.17, 15) is 14.7 Å². The zero-order valence-electron chi connectivity index (χ0n) is 20.6. The van der Waals surface area contributed by atoms with E-state index in [0.717, 1.165) is 57.1 Å². The van der Waals surface area contributed by atoms with E-state index in [4.69, 9.17) is 9.84 Å². The molecule has 0 aromatic heterocycles. The van der Waals surface area contributed by atoms with Crippen LogP contribution < -0.4 is 4.74 Å². The first-order chi connectivity index (χ1) is 16.4. The summed E-state index contributed by atoms with van der Waals surface area (Å²) in [7, 11) is 1.38. The SMILES string of the molecule is CCCCCC(O)C/C=C1\CCC2Cc3c(cccc3OCC(=O)OC)CC12.O=C(O)C1CC1. The molecule has 0 saturated heterocycles. The fraction of sp³-hybridized carbons (Fsp3) is 0.643. The number of aliphatic hydroxyl groups is 1. The first-order valence-corrected chi connectivity index (χ1v) is 12.8. The molecule has 4 rings (SSSR count). The molecular weight excluding hydrogens is 432 g/mol. The summed E-state index contributed by atoms with van der Waals surface area (Å²) in [6.45, 7) is 2.15. The van der Waals surface area contributed by atoms with Crippen molar-refractivity contribution in [3.63, 3.8) is 0 Å². The predicted molar refractivity (Wildman–Crippen MR) is 131 cm³/mol. The highest BCUT2D eigenvalue weighted by atomic mass is 16.6. The standard InChI is InChI=1S/C24H34O4.C4H6O2/c1-3-4-5-8-20(25)13-12-17-10-11-19-15-22-18(14-21(17)19)7-6-9-23(22)28-16-24(26)27-2;5-4(6)3-1-2-3/h6-7,9,12,19-21,25H,3-5,8,10-11,13-16H2,1-2H3;3H,1-2H2,(H,5,6)/b17-12+;. The molecular formula is C28H40O6. The van der Waals surface area contributed by atoms with Gasteiger partial charge in [0, 0.05) is 0 Å². The molecule has 0 radical (unpaired) electrons. The van der Waals surface area contributed by atoms with Crippen LogP contribution in [-0.4, -0.2) is 42.0 Å². The third-order valence-electron chi connectivity index (χ3n) is 7.28. The van der Waals surface area contributed by atoms with Gasteiger partial charge in [0.1, 0.15) is 5.75 Å². The molecule has 34 heavy (non-hydrogen) atoms. The Labute approximate surface area is 203 Å². The molecule has 1 aromatic carbocycles. The number of methoxy groups -OCH3 is 1. The van der Waals surface area contributed by atoms with Crippen LogP contribution in [-0.2, 0) is 27.2 Å². The van der Waals surface area contributed by atoms with Crippen LogP contribution >= 0.6 is 0 Å². The maximum absolute atomic E-state index is 11.4. The van der Waals surface area contributed by atoms with Crippen molar-refractivity contribution in [1.82, 2.24) is 0 Å². The van der Waals surface area contributed by atoms with Gasteiger partial charge < -0.3 is 19.7 Å². The first-order valence-electron chi connectivity index (χ1n) is 12.8. The second kappa shape index (κ2) is 12.9. The number of aliphatic hydroxyl groups excluding tert-OH is 1. The fourth-order valence-corrected chi connectivity index (χ4v) is 5.07. The third kappa shape index (κ3) is 7.59. The van der Waals surface area contributed by atoms with Gasteiger partial charge in [-0.25, -0.2) is 4.79 Å². The second-order valence-electron chi connectivity index (χ2n) is 9.85. The minimum atomic E-state index is -0.630. The lowest BCUT2D eigenvalue weighted by molar-refractivity contribution is -0.143. The second-order valence-corrected chi connectivity index (χ2v) is 9.85. The van der Waals surface area contributed by atoms with Crippen molar-refractivity contribution in [2.75, 3.05) is 13.7 Å². The van der Waals surface area contributed by atoms with E-state index in [1.54, 1.807) is 0 Å². The topological polar surface area (TPSA) is 93.1 Å². The Morgan fingerprint density at radius 3 is 2.62 bits per heavy atom. The van der Waals surface area contributed by atoms with Crippen molar-refractivity contribution in [2.24, 2.45) is 17.8 Å². The summed E-state index contributed by atoms with van der Waals surface area (Å²) in [6.07, 6.45) is 13.5. The quantitative estimate of drug-likeness (QED) is 0.280. The van der Waals surface area contributed by atoms with Crippen LogP contribution in [0.5, 0.6) is 5.75 Å². The molecule has 2 fully saturated rings. The molecule has 6 nitrogen and oxygen atoms in total. The molecule has 3 aliphatic carbocycles. The monoisotopic (exact) mass is 472 g/mol. The van der Waals surface area contributed by atoms with E-state index in [1.165, 1.54) is 43.1 Å². The van der Waals surface area contributed by atoms with Crippen LogP contribution in [0.3, 0.4) is 0 Å². The highest BCUT2D eigenvalue weighted by Crippen LogP contribution is 2.46. The molecule has 0 aliphatic heterocycles. The highest BCUT2D eigenvalue weighted by molar-refractivity contribution is 5.72. The van der Waals surface area contributed by atoms with Gasteiger partial charge in [-0.1, -0.05) is 50.0 Å². The maximum atomic E-state index is 11.4. The van der Waals surface area contributed by atoms with Gasteiger partial charge in [-0.15, -0.1) is 0 Å². The van der Waals surface area contributed by atoms with E-state index in [2.05, 4.69) is 23.8 Å². The van der Waals surface area contributed by atoms with Crippen LogP contribution in [0.2, 0.25) is 0 Å². The maximum Gasteiger partial charge on any atom is 0.343 e. The lowest BCUT2D eigenvalue weighted by atomic mass is 9.76. The Balaban J connectivity index is 0.000000469. The molecule has 0 bridgehead atoms. The summed E-state index contributed by atoms with van der Waals surface area (Å²) in [5, 5.41) is 18.3. The number of fused-ring (bicyclic) bond motifs is 2. The number of aliphatic carboxylic acids is 1. The molecule has 3 unspecified atom stereocenters. The summed E-state index contributed by atoms with van der Waals surface area (Å²) in [4.78, 5) is 21.2. The molecule has 2 N–H and O–H groups in total. The van der Waals surface area contributed by atoms with Gasteiger partial charge in [0.2, 0.25) is 0 Å².